The molecule has 0 N–H and O–H groups in total. The van der Waals surface area contributed by atoms with Gasteiger partial charge < -0.3 is 9.32 Å². The summed E-state index contributed by atoms with van der Waals surface area (Å²) in [5.41, 5.74) is 1.78. The minimum Gasteiger partial charge on any atom is -0.451 e. The monoisotopic (exact) mass is 309 g/mol. The van der Waals surface area contributed by atoms with E-state index in [1.807, 2.05) is 30.3 Å². The summed E-state index contributed by atoms with van der Waals surface area (Å²) in [5, 5.41) is 0. The van der Waals surface area contributed by atoms with E-state index >= 15 is 0 Å². The van der Waals surface area contributed by atoms with Crippen LogP contribution in [0, 0.1) is 5.82 Å². The molecule has 0 atom stereocenters. The number of nitrogens with zero attached hydrogens (tertiary/aromatic N) is 1. The summed E-state index contributed by atoms with van der Waals surface area (Å²) in [6, 6.07) is 19.1. The molecule has 0 bridgehead atoms. The van der Waals surface area contributed by atoms with Crippen LogP contribution in [0.2, 0.25) is 0 Å². The highest BCUT2D eigenvalue weighted by atomic mass is 19.1. The van der Waals surface area contributed by atoms with Crippen molar-refractivity contribution in [3.8, 4) is 11.3 Å². The molecule has 2 aromatic carbocycles. The van der Waals surface area contributed by atoms with E-state index in [1.54, 1.807) is 36.2 Å². The van der Waals surface area contributed by atoms with Gasteiger partial charge in [-0.3, -0.25) is 4.79 Å². The highest BCUT2D eigenvalue weighted by molar-refractivity contribution is 5.91. The van der Waals surface area contributed by atoms with Gasteiger partial charge in [0.05, 0.1) is 0 Å². The second-order valence-electron chi connectivity index (χ2n) is 5.32. The SMILES string of the molecule is CN(Cc1ccccc1)C(=O)c1ccc(-c2ccc(F)cc2)o1. The van der Waals surface area contributed by atoms with E-state index < -0.39 is 0 Å². The summed E-state index contributed by atoms with van der Waals surface area (Å²) in [7, 11) is 1.73. The van der Waals surface area contributed by atoms with Gasteiger partial charge in [0, 0.05) is 19.2 Å². The summed E-state index contributed by atoms with van der Waals surface area (Å²) < 4.78 is 18.6. The lowest BCUT2D eigenvalue weighted by atomic mass is 10.2. The lowest BCUT2D eigenvalue weighted by Crippen LogP contribution is -2.25. The van der Waals surface area contributed by atoms with Gasteiger partial charge in [0.15, 0.2) is 5.76 Å². The Hall–Kier alpha value is -2.88. The molecule has 0 aliphatic carbocycles. The van der Waals surface area contributed by atoms with Crippen molar-refractivity contribution < 1.29 is 13.6 Å². The molecule has 0 saturated carbocycles. The maximum Gasteiger partial charge on any atom is 0.289 e. The van der Waals surface area contributed by atoms with Crippen molar-refractivity contribution in [1.29, 1.82) is 0 Å². The van der Waals surface area contributed by atoms with Crippen LogP contribution in [-0.4, -0.2) is 17.9 Å². The normalized spacial score (nSPS) is 10.5. The third-order valence-electron chi connectivity index (χ3n) is 3.55. The van der Waals surface area contributed by atoms with Gasteiger partial charge >= 0.3 is 0 Å². The molecule has 1 heterocycles. The largest absolute Gasteiger partial charge is 0.451 e. The minimum absolute atomic E-state index is 0.192. The predicted octanol–water partition coefficient (Wildman–Crippen LogP) is 4.36. The van der Waals surface area contributed by atoms with Gasteiger partial charge in [-0.15, -0.1) is 0 Å². The van der Waals surface area contributed by atoms with Crippen LogP contribution >= 0.6 is 0 Å². The Morgan fingerprint density at radius 1 is 1.00 bits per heavy atom. The van der Waals surface area contributed by atoms with E-state index in [0.29, 0.717) is 12.3 Å². The van der Waals surface area contributed by atoms with E-state index in [9.17, 15) is 9.18 Å². The molecule has 0 radical (unpaired) electrons. The number of benzene rings is 2. The van der Waals surface area contributed by atoms with Crippen molar-refractivity contribution in [3.63, 3.8) is 0 Å². The van der Waals surface area contributed by atoms with Crippen LogP contribution in [0.4, 0.5) is 4.39 Å². The maximum atomic E-state index is 13.0. The number of halogens is 1. The first-order valence-electron chi connectivity index (χ1n) is 7.28. The van der Waals surface area contributed by atoms with Crippen LogP contribution in [0.3, 0.4) is 0 Å². The number of hydrogen-bond acceptors (Lipinski definition) is 2. The van der Waals surface area contributed by atoms with Crippen molar-refractivity contribution in [2.24, 2.45) is 0 Å². The molecular weight excluding hydrogens is 293 g/mol. The van der Waals surface area contributed by atoms with Gasteiger partial charge in [-0.1, -0.05) is 30.3 Å². The minimum atomic E-state index is -0.306. The maximum absolute atomic E-state index is 13.0. The Morgan fingerprint density at radius 2 is 1.70 bits per heavy atom. The summed E-state index contributed by atoms with van der Waals surface area (Å²) in [5.74, 6) is 0.311. The molecule has 1 amide bonds. The molecule has 4 heteroatoms. The first-order chi connectivity index (χ1) is 11.1. The fraction of sp³-hybridized carbons (Fsp3) is 0.105. The third-order valence-corrected chi connectivity index (χ3v) is 3.55. The van der Waals surface area contributed by atoms with Crippen LogP contribution in [0.25, 0.3) is 11.3 Å². The van der Waals surface area contributed by atoms with Crippen molar-refractivity contribution in [2.45, 2.75) is 6.54 Å². The number of amides is 1. The van der Waals surface area contributed by atoms with E-state index in [1.165, 1.54) is 12.1 Å². The van der Waals surface area contributed by atoms with Gasteiger partial charge in [0.25, 0.3) is 5.91 Å². The van der Waals surface area contributed by atoms with E-state index in [-0.39, 0.29) is 17.5 Å². The van der Waals surface area contributed by atoms with Crippen LogP contribution in [0.5, 0.6) is 0 Å². The summed E-state index contributed by atoms with van der Waals surface area (Å²) in [6.45, 7) is 0.506. The first-order valence-corrected chi connectivity index (χ1v) is 7.28. The zero-order chi connectivity index (χ0) is 16.2. The number of rotatable bonds is 4. The molecule has 0 spiro atoms. The fourth-order valence-electron chi connectivity index (χ4n) is 2.34. The lowest BCUT2D eigenvalue weighted by molar-refractivity contribution is 0.0754. The Bertz CT molecular complexity index is 794. The smallest absolute Gasteiger partial charge is 0.289 e. The standard InChI is InChI=1S/C19H16FNO2/c1-21(13-14-5-3-2-4-6-14)19(22)18-12-11-17(23-18)15-7-9-16(20)10-8-15/h2-12H,13H2,1H3. The lowest BCUT2D eigenvalue weighted by Gasteiger charge is -2.15. The molecular formula is C19H16FNO2. The summed E-state index contributed by atoms with van der Waals surface area (Å²) in [6.07, 6.45) is 0. The van der Waals surface area contributed by atoms with E-state index in [4.69, 9.17) is 4.42 Å². The fourth-order valence-corrected chi connectivity index (χ4v) is 2.34. The zero-order valence-electron chi connectivity index (χ0n) is 12.7. The molecule has 116 valence electrons. The van der Waals surface area contributed by atoms with Gasteiger partial charge in [0.1, 0.15) is 11.6 Å². The van der Waals surface area contributed by atoms with Crippen molar-refractivity contribution in [3.05, 3.63) is 83.9 Å². The van der Waals surface area contributed by atoms with E-state index in [2.05, 4.69) is 0 Å². The number of carbonyl (C=O) groups excluding carboxylic acids is 1. The highest BCUT2D eigenvalue weighted by Gasteiger charge is 2.16. The second kappa shape index (κ2) is 6.48. The number of hydrogen-bond donors (Lipinski definition) is 0. The molecule has 0 fully saturated rings. The molecule has 0 unspecified atom stereocenters. The first kappa shape index (κ1) is 15.0. The summed E-state index contributed by atoms with van der Waals surface area (Å²) >= 11 is 0. The van der Waals surface area contributed by atoms with Crippen LogP contribution < -0.4 is 0 Å². The van der Waals surface area contributed by atoms with Crippen LogP contribution in [0.15, 0.2) is 71.1 Å². The molecule has 0 aliphatic rings. The van der Waals surface area contributed by atoms with E-state index in [0.717, 1.165) is 11.1 Å². The Kier molecular flexibility index (Phi) is 4.24. The molecule has 3 nitrogen and oxygen atoms in total. The van der Waals surface area contributed by atoms with Crippen LogP contribution in [0.1, 0.15) is 16.1 Å². The molecule has 23 heavy (non-hydrogen) atoms. The number of carbonyl (C=O) groups is 1. The molecule has 0 saturated heterocycles. The van der Waals surface area contributed by atoms with Crippen LogP contribution in [-0.2, 0) is 6.54 Å². The number of furan rings is 1. The molecule has 0 aliphatic heterocycles. The highest BCUT2D eigenvalue weighted by Crippen LogP contribution is 2.23. The summed E-state index contributed by atoms with van der Waals surface area (Å²) in [4.78, 5) is 14.0. The third kappa shape index (κ3) is 3.48. The van der Waals surface area contributed by atoms with Gasteiger partial charge in [-0.25, -0.2) is 4.39 Å². The zero-order valence-corrected chi connectivity index (χ0v) is 12.7. The topological polar surface area (TPSA) is 33.5 Å². The van der Waals surface area contributed by atoms with Gasteiger partial charge in [0.2, 0.25) is 0 Å². The van der Waals surface area contributed by atoms with Gasteiger partial charge in [-0.05, 0) is 42.0 Å². The Labute approximate surface area is 134 Å². The predicted molar refractivity (Wildman–Crippen MR) is 86.3 cm³/mol. The average Bonchev–Trinajstić information content (AvgIpc) is 3.05. The average molecular weight is 309 g/mol. The van der Waals surface area contributed by atoms with Crippen molar-refractivity contribution in [1.82, 2.24) is 4.90 Å². The molecule has 3 aromatic rings. The van der Waals surface area contributed by atoms with Crippen molar-refractivity contribution >= 4 is 5.91 Å². The Morgan fingerprint density at radius 3 is 2.39 bits per heavy atom. The van der Waals surface area contributed by atoms with Gasteiger partial charge in [-0.2, -0.15) is 0 Å². The molecule has 3 rings (SSSR count). The quantitative estimate of drug-likeness (QED) is 0.717. The second-order valence-corrected chi connectivity index (χ2v) is 5.32. The molecule has 1 aromatic heterocycles. The Balaban J connectivity index is 1.74. The van der Waals surface area contributed by atoms with Crippen molar-refractivity contribution in [2.75, 3.05) is 7.05 Å².